The zero-order chi connectivity index (χ0) is 14.7. The predicted molar refractivity (Wildman–Crippen MR) is 79.2 cm³/mol. The highest BCUT2D eigenvalue weighted by molar-refractivity contribution is 5.86. The van der Waals surface area contributed by atoms with Crippen molar-refractivity contribution in [2.45, 2.75) is 52.6 Å². The highest BCUT2D eigenvalue weighted by Gasteiger charge is 2.47. The van der Waals surface area contributed by atoms with Gasteiger partial charge >= 0.3 is 0 Å². The molecule has 1 aliphatic carbocycles. The van der Waals surface area contributed by atoms with E-state index in [-0.39, 0.29) is 17.5 Å². The zero-order valence-electron chi connectivity index (χ0n) is 12.6. The first-order chi connectivity index (χ1) is 9.60. The second-order valence-electron chi connectivity index (χ2n) is 5.71. The minimum atomic E-state index is -0.399. The number of carbonyl (C=O) groups excluding carboxylic acids is 1. The van der Waals surface area contributed by atoms with Gasteiger partial charge in [-0.15, -0.1) is 0 Å². The van der Waals surface area contributed by atoms with Gasteiger partial charge in [0.1, 0.15) is 0 Å². The number of ether oxygens (including phenoxy) is 1. The molecule has 1 aliphatic heterocycles. The number of aliphatic hydroxyl groups is 1. The highest BCUT2D eigenvalue weighted by Crippen LogP contribution is 2.46. The van der Waals surface area contributed by atoms with Gasteiger partial charge in [0.05, 0.1) is 0 Å². The summed E-state index contributed by atoms with van der Waals surface area (Å²) in [6.45, 7) is 6.14. The van der Waals surface area contributed by atoms with E-state index in [9.17, 15) is 9.90 Å². The Morgan fingerprint density at radius 1 is 1.50 bits per heavy atom. The van der Waals surface area contributed by atoms with Crippen LogP contribution < -0.4 is 0 Å². The van der Waals surface area contributed by atoms with Gasteiger partial charge in [-0.1, -0.05) is 32.4 Å². The lowest BCUT2D eigenvalue weighted by atomic mass is 9.74. The Hall–Kier alpha value is -1.51. The smallest absolute Gasteiger partial charge is 0.173 e. The molecule has 0 amide bonds. The Morgan fingerprint density at radius 3 is 2.90 bits per heavy atom. The lowest BCUT2D eigenvalue weighted by Crippen LogP contribution is -2.36. The lowest BCUT2D eigenvalue weighted by molar-refractivity contribution is -0.131. The normalized spacial score (nSPS) is 34.5. The molecule has 0 radical (unpaired) electrons. The number of Topliss-reactive ketones (excluding diaryl/α,β-unsaturated/α-hetero) is 1. The molecule has 3 heteroatoms. The number of hydrogen-bond donors (Lipinski definition) is 1. The van der Waals surface area contributed by atoms with Crippen LogP contribution in [0.1, 0.15) is 46.5 Å². The van der Waals surface area contributed by atoms with E-state index in [4.69, 9.17) is 4.74 Å². The van der Waals surface area contributed by atoms with Gasteiger partial charge in [-0.3, -0.25) is 4.79 Å². The van der Waals surface area contributed by atoms with E-state index < -0.39 is 6.10 Å². The fourth-order valence-corrected chi connectivity index (χ4v) is 3.12. The van der Waals surface area contributed by atoms with Crippen molar-refractivity contribution >= 4 is 5.78 Å². The van der Waals surface area contributed by atoms with Crippen molar-refractivity contribution in [3.05, 3.63) is 35.3 Å². The molecule has 2 aliphatic rings. The van der Waals surface area contributed by atoms with Gasteiger partial charge in [0.25, 0.3) is 0 Å². The predicted octanol–water partition coefficient (Wildman–Crippen LogP) is 4.07. The van der Waals surface area contributed by atoms with Crippen molar-refractivity contribution in [1.29, 1.82) is 0 Å². The third-order valence-electron chi connectivity index (χ3n) is 4.18. The molecule has 20 heavy (non-hydrogen) atoms. The standard InChI is InChI=1S/C17H24O3/c1-4-6-8-12-15-11(3)9-10-14(19)17(15)20-16(12)13(18)7-5-2/h5,7-8,11,15,17-18H,4,6,9-10H2,1-3H3/b7-5-,12-8+,16-13-. The minimum absolute atomic E-state index is 0.102. The molecule has 110 valence electrons. The van der Waals surface area contributed by atoms with Crippen molar-refractivity contribution in [1.82, 2.24) is 0 Å². The van der Waals surface area contributed by atoms with Crippen molar-refractivity contribution in [2.75, 3.05) is 0 Å². The number of carbonyl (C=O) groups is 1. The van der Waals surface area contributed by atoms with Crippen LogP contribution in [0.15, 0.2) is 35.3 Å². The summed E-state index contributed by atoms with van der Waals surface area (Å²) in [6.07, 6.45) is 8.61. The van der Waals surface area contributed by atoms with Gasteiger partial charge < -0.3 is 9.84 Å². The molecule has 1 heterocycles. The summed E-state index contributed by atoms with van der Waals surface area (Å²) in [5.74, 6) is 1.32. The fourth-order valence-electron chi connectivity index (χ4n) is 3.12. The molecular formula is C17H24O3. The van der Waals surface area contributed by atoms with E-state index in [1.807, 2.05) is 6.92 Å². The first-order valence-corrected chi connectivity index (χ1v) is 7.55. The van der Waals surface area contributed by atoms with Crippen LogP contribution >= 0.6 is 0 Å². The third kappa shape index (κ3) is 2.67. The Labute approximate surface area is 121 Å². The van der Waals surface area contributed by atoms with Crippen molar-refractivity contribution in [2.24, 2.45) is 11.8 Å². The molecule has 2 rings (SSSR count). The second kappa shape index (κ2) is 6.29. The summed E-state index contributed by atoms with van der Waals surface area (Å²) < 4.78 is 5.83. The Balaban J connectivity index is 2.44. The highest BCUT2D eigenvalue weighted by atomic mass is 16.5. The molecule has 0 aromatic heterocycles. The number of allylic oxidation sites excluding steroid dienone is 4. The number of aliphatic hydroxyl groups excluding tert-OH is 1. The van der Waals surface area contributed by atoms with E-state index >= 15 is 0 Å². The van der Waals surface area contributed by atoms with E-state index in [1.54, 1.807) is 12.2 Å². The molecule has 3 unspecified atom stereocenters. The third-order valence-corrected chi connectivity index (χ3v) is 4.18. The second-order valence-corrected chi connectivity index (χ2v) is 5.71. The van der Waals surface area contributed by atoms with E-state index in [2.05, 4.69) is 19.9 Å². The minimum Gasteiger partial charge on any atom is -0.504 e. The van der Waals surface area contributed by atoms with Gasteiger partial charge in [0.15, 0.2) is 23.4 Å². The molecule has 1 saturated heterocycles. The summed E-state index contributed by atoms with van der Waals surface area (Å²) in [5.41, 5.74) is 1.02. The summed E-state index contributed by atoms with van der Waals surface area (Å²) in [7, 11) is 0. The molecule has 0 aromatic rings. The first kappa shape index (κ1) is 14.9. The van der Waals surface area contributed by atoms with E-state index in [0.29, 0.717) is 18.1 Å². The largest absolute Gasteiger partial charge is 0.504 e. The average Bonchev–Trinajstić information content (AvgIpc) is 2.81. The molecule has 1 N–H and O–H groups in total. The molecular weight excluding hydrogens is 252 g/mol. The number of unbranched alkanes of at least 4 members (excludes halogenated alkanes) is 1. The van der Waals surface area contributed by atoms with Crippen molar-refractivity contribution in [3.63, 3.8) is 0 Å². The lowest BCUT2D eigenvalue weighted by Gasteiger charge is -2.28. The number of rotatable bonds is 3. The van der Waals surface area contributed by atoms with E-state index in [0.717, 1.165) is 24.8 Å². The quantitative estimate of drug-likeness (QED) is 0.790. The van der Waals surface area contributed by atoms with Crippen LogP contribution in [0.5, 0.6) is 0 Å². The van der Waals surface area contributed by atoms with Gasteiger partial charge in [-0.05, 0) is 31.8 Å². The summed E-state index contributed by atoms with van der Waals surface area (Å²) in [5, 5.41) is 10.2. The fraction of sp³-hybridized carbons (Fsp3) is 0.588. The summed E-state index contributed by atoms with van der Waals surface area (Å²) >= 11 is 0. The van der Waals surface area contributed by atoms with Crippen LogP contribution in [0.2, 0.25) is 0 Å². The van der Waals surface area contributed by atoms with Gasteiger partial charge in [-0.2, -0.15) is 0 Å². The Kier molecular flexibility index (Phi) is 4.69. The van der Waals surface area contributed by atoms with Crippen LogP contribution in [-0.2, 0) is 9.53 Å². The molecule has 2 fully saturated rings. The molecule has 0 aromatic carbocycles. The molecule has 1 saturated carbocycles. The summed E-state index contributed by atoms with van der Waals surface area (Å²) in [4.78, 5) is 12.1. The average molecular weight is 276 g/mol. The molecule has 0 bridgehead atoms. The molecule has 3 atom stereocenters. The van der Waals surface area contributed by atoms with Gasteiger partial charge in [-0.25, -0.2) is 0 Å². The number of hydrogen-bond acceptors (Lipinski definition) is 3. The van der Waals surface area contributed by atoms with Gasteiger partial charge in [0.2, 0.25) is 0 Å². The summed E-state index contributed by atoms with van der Waals surface area (Å²) in [6, 6.07) is 0. The van der Waals surface area contributed by atoms with Crippen LogP contribution in [0.3, 0.4) is 0 Å². The van der Waals surface area contributed by atoms with Crippen LogP contribution in [-0.4, -0.2) is 17.0 Å². The van der Waals surface area contributed by atoms with Crippen LogP contribution in [0.4, 0.5) is 0 Å². The Bertz CT molecular complexity index is 471. The zero-order valence-corrected chi connectivity index (χ0v) is 12.6. The first-order valence-electron chi connectivity index (χ1n) is 7.55. The van der Waals surface area contributed by atoms with Crippen molar-refractivity contribution in [3.8, 4) is 0 Å². The molecule has 0 spiro atoms. The maximum atomic E-state index is 12.1. The van der Waals surface area contributed by atoms with Gasteiger partial charge in [0, 0.05) is 17.9 Å². The maximum absolute atomic E-state index is 12.1. The SMILES string of the molecule is C\C=C/C(O)=C1/OC2C(=O)CCC(C)C2/C1=C\CCC. The molecule has 3 nitrogen and oxygen atoms in total. The topological polar surface area (TPSA) is 46.5 Å². The Morgan fingerprint density at radius 2 is 2.25 bits per heavy atom. The monoisotopic (exact) mass is 276 g/mol. The maximum Gasteiger partial charge on any atom is 0.173 e. The number of ketones is 1. The van der Waals surface area contributed by atoms with Crippen LogP contribution in [0.25, 0.3) is 0 Å². The number of fused-ring (bicyclic) bond motifs is 1. The van der Waals surface area contributed by atoms with E-state index in [1.165, 1.54) is 0 Å². The van der Waals surface area contributed by atoms with Crippen LogP contribution in [0, 0.1) is 11.8 Å². The van der Waals surface area contributed by atoms with Crippen molar-refractivity contribution < 1.29 is 14.6 Å².